The lowest BCUT2D eigenvalue weighted by Crippen LogP contribution is -2.45. The second-order valence-electron chi connectivity index (χ2n) is 4.65. The molecule has 100 valence electrons. The minimum absolute atomic E-state index is 0.283. The maximum Gasteiger partial charge on any atom is 0.123 e. The third-order valence-corrected chi connectivity index (χ3v) is 4.62. The summed E-state index contributed by atoms with van der Waals surface area (Å²) in [5.41, 5.74) is 0. The van der Waals surface area contributed by atoms with Crippen LogP contribution in [0.1, 0.15) is 0 Å². The number of hydrogen-bond donors (Lipinski definition) is 0. The van der Waals surface area contributed by atoms with E-state index in [1.165, 1.54) is 12.1 Å². The maximum absolute atomic E-state index is 12.8. The van der Waals surface area contributed by atoms with Crippen molar-refractivity contribution in [1.82, 2.24) is 9.80 Å². The Morgan fingerprint density at radius 3 is 2.39 bits per heavy atom. The molecule has 0 aromatic heterocycles. The van der Waals surface area contributed by atoms with Gasteiger partial charge in [0.15, 0.2) is 0 Å². The predicted molar refractivity (Wildman–Crippen MR) is 71.6 cm³/mol. The van der Waals surface area contributed by atoms with E-state index in [1.807, 2.05) is 0 Å². The van der Waals surface area contributed by atoms with Gasteiger partial charge in [0.2, 0.25) is 0 Å². The smallest absolute Gasteiger partial charge is 0.123 e. The lowest BCUT2D eigenvalue weighted by Gasteiger charge is -2.32. The van der Waals surface area contributed by atoms with E-state index in [4.69, 9.17) is 0 Å². The standard InChI is InChI=1S/C13H19FN2OS/c1-15-6-8-16(9-7-15)10-11-18(17)13-4-2-12(14)3-5-13/h2-5H,6-11H2,1H3. The topological polar surface area (TPSA) is 23.6 Å². The van der Waals surface area contributed by atoms with Crippen LogP contribution in [0.5, 0.6) is 0 Å². The summed E-state index contributed by atoms with van der Waals surface area (Å²) in [7, 11) is 1.10. The predicted octanol–water partition coefficient (Wildman–Crippen LogP) is 1.18. The van der Waals surface area contributed by atoms with Crippen molar-refractivity contribution in [3.05, 3.63) is 30.1 Å². The molecular weight excluding hydrogens is 251 g/mol. The number of benzene rings is 1. The number of piperazine rings is 1. The molecule has 0 bridgehead atoms. The largest absolute Gasteiger partial charge is 0.304 e. The summed E-state index contributed by atoms with van der Waals surface area (Å²) in [6, 6.07) is 5.94. The van der Waals surface area contributed by atoms with Gasteiger partial charge in [-0.2, -0.15) is 0 Å². The fourth-order valence-electron chi connectivity index (χ4n) is 1.99. The van der Waals surface area contributed by atoms with Crippen molar-refractivity contribution in [2.24, 2.45) is 0 Å². The van der Waals surface area contributed by atoms with Crippen LogP contribution in [0.2, 0.25) is 0 Å². The summed E-state index contributed by atoms with van der Waals surface area (Å²) in [6.07, 6.45) is 0. The molecule has 1 atom stereocenters. The Balaban J connectivity index is 1.79. The normalized spacial score (nSPS) is 19.9. The van der Waals surface area contributed by atoms with E-state index in [9.17, 15) is 8.60 Å². The van der Waals surface area contributed by atoms with Crippen molar-refractivity contribution in [1.29, 1.82) is 0 Å². The zero-order chi connectivity index (χ0) is 13.0. The molecular formula is C13H19FN2OS. The minimum atomic E-state index is -1.02. The molecule has 0 saturated carbocycles. The lowest BCUT2D eigenvalue weighted by molar-refractivity contribution is 0.161. The van der Waals surface area contributed by atoms with Crippen LogP contribution in [0, 0.1) is 5.82 Å². The van der Waals surface area contributed by atoms with E-state index in [2.05, 4.69) is 16.8 Å². The maximum atomic E-state index is 12.8. The van der Waals surface area contributed by atoms with Crippen LogP contribution in [0.3, 0.4) is 0 Å². The summed E-state index contributed by atoms with van der Waals surface area (Å²) >= 11 is 0. The van der Waals surface area contributed by atoms with E-state index in [1.54, 1.807) is 12.1 Å². The van der Waals surface area contributed by atoms with Gasteiger partial charge in [-0.25, -0.2) is 4.39 Å². The highest BCUT2D eigenvalue weighted by Gasteiger charge is 2.14. The van der Waals surface area contributed by atoms with Crippen molar-refractivity contribution < 1.29 is 8.60 Å². The highest BCUT2D eigenvalue weighted by Crippen LogP contribution is 2.09. The summed E-state index contributed by atoms with van der Waals surface area (Å²) in [6.45, 7) is 5.07. The molecule has 18 heavy (non-hydrogen) atoms. The SMILES string of the molecule is CN1CCN(CCS(=O)c2ccc(F)cc2)CC1. The number of hydrogen-bond acceptors (Lipinski definition) is 3. The van der Waals surface area contributed by atoms with Crippen molar-refractivity contribution in [2.75, 3.05) is 45.5 Å². The van der Waals surface area contributed by atoms with Gasteiger partial charge >= 0.3 is 0 Å². The quantitative estimate of drug-likeness (QED) is 0.821. The molecule has 1 unspecified atom stereocenters. The van der Waals surface area contributed by atoms with E-state index in [0.717, 1.165) is 32.7 Å². The van der Waals surface area contributed by atoms with E-state index >= 15 is 0 Å². The van der Waals surface area contributed by atoms with Crippen LogP contribution in [0.15, 0.2) is 29.2 Å². The number of nitrogens with zero attached hydrogens (tertiary/aromatic N) is 2. The zero-order valence-corrected chi connectivity index (χ0v) is 11.5. The first kappa shape index (κ1) is 13.6. The molecule has 1 aliphatic heterocycles. The van der Waals surface area contributed by atoms with Gasteiger partial charge in [0.05, 0.1) is 10.8 Å². The Bertz CT molecular complexity index is 402. The fraction of sp³-hybridized carbons (Fsp3) is 0.538. The third kappa shape index (κ3) is 3.86. The molecule has 5 heteroatoms. The van der Waals surface area contributed by atoms with Crippen LogP contribution in [-0.4, -0.2) is 59.5 Å². The van der Waals surface area contributed by atoms with Crippen LogP contribution < -0.4 is 0 Å². The molecule has 0 radical (unpaired) electrons. The Morgan fingerprint density at radius 2 is 1.78 bits per heavy atom. The van der Waals surface area contributed by atoms with Crippen LogP contribution >= 0.6 is 0 Å². The number of halogens is 1. The van der Waals surface area contributed by atoms with Crippen LogP contribution in [0.25, 0.3) is 0 Å². The molecule has 1 aromatic carbocycles. The molecule has 0 amide bonds. The van der Waals surface area contributed by atoms with Crippen molar-refractivity contribution >= 4 is 10.8 Å². The van der Waals surface area contributed by atoms with Gasteiger partial charge in [0.25, 0.3) is 0 Å². The lowest BCUT2D eigenvalue weighted by atomic mass is 10.3. The van der Waals surface area contributed by atoms with Gasteiger partial charge < -0.3 is 4.90 Å². The van der Waals surface area contributed by atoms with Gasteiger partial charge in [0, 0.05) is 43.4 Å². The fourth-order valence-corrected chi connectivity index (χ4v) is 3.09. The number of likely N-dealkylation sites (N-methyl/N-ethyl adjacent to an activating group) is 1. The molecule has 1 aromatic rings. The first-order chi connectivity index (χ1) is 8.65. The van der Waals surface area contributed by atoms with Crippen molar-refractivity contribution in [3.63, 3.8) is 0 Å². The average molecular weight is 270 g/mol. The average Bonchev–Trinajstić information content (AvgIpc) is 2.38. The summed E-state index contributed by atoms with van der Waals surface area (Å²) < 4.78 is 24.8. The molecule has 1 saturated heterocycles. The monoisotopic (exact) mass is 270 g/mol. The summed E-state index contributed by atoms with van der Waals surface area (Å²) in [5, 5.41) is 0. The van der Waals surface area contributed by atoms with Gasteiger partial charge in [-0.05, 0) is 31.3 Å². The second-order valence-corrected chi connectivity index (χ2v) is 6.22. The van der Waals surface area contributed by atoms with Gasteiger partial charge in [-0.15, -0.1) is 0 Å². The molecule has 1 heterocycles. The van der Waals surface area contributed by atoms with Crippen LogP contribution in [0.4, 0.5) is 4.39 Å². The Kier molecular flexibility index (Phi) is 4.86. The molecule has 3 nitrogen and oxygen atoms in total. The molecule has 0 aliphatic carbocycles. The molecule has 2 rings (SSSR count). The van der Waals surface area contributed by atoms with Gasteiger partial charge in [-0.1, -0.05) is 0 Å². The zero-order valence-electron chi connectivity index (χ0n) is 10.6. The first-order valence-corrected chi connectivity index (χ1v) is 7.52. The summed E-state index contributed by atoms with van der Waals surface area (Å²) in [4.78, 5) is 5.35. The second kappa shape index (κ2) is 6.41. The number of rotatable bonds is 4. The molecule has 0 N–H and O–H groups in total. The van der Waals surface area contributed by atoms with Crippen molar-refractivity contribution in [3.8, 4) is 0 Å². The van der Waals surface area contributed by atoms with Crippen LogP contribution in [-0.2, 0) is 10.8 Å². The molecule has 0 spiro atoms. The Morgan fingerprint density at radius 1 is 1.17 bits per heavy atom. The Labute approximate surface area is 110 Å². The Hall–Kier alpha value is -0.780. The van der Waals surface area contributed by atoms with E-state index in [0.29, 0.717) is 10.6 Å². The highest BCUT2D eigenvalue weighted by atomic mass is 32.2. The first-order valence-electron chi connectivity index (χ1n) is 6.20. The van der Waals surface area contributed by atoms with E-state index < -0.39 is 10.8 Å². The highest BCUT2D eigenvalue weighted by molar-refractivity contribution is 7.85. The van der Waals surface area contributed by atoms with E-state index in [-0.39, 0.29) is 5.82 Å². The summed E-state index contributed by atoms with van der Waals surface area (Å²) in [5.74, 6) is 0.338. The molecule has 1 fully saturated rings. The third-order valence-electron chi connectivity index (χ3n) is 3.27. The minimum Gasteiger partial charge on any atom is -0.304 e. The van der Waals surface area contributed by atoms with Gasteiger partial charge in [-0.3, -0.25) is 9.11 Å². The molecule has 1 aliphatic rings. The van der Waals surface area contributed by atoms with Crippen molar-refractivity contribution in [2.45, 2.75) is 4.90 Å². The van der Waals surface area contributed by atoms with Gasteiger partial charge in [0.1, 0.15) is 5.82 Å².